The number of hydrogen-bond acceptors (Lipinski definition) is 5. The van der Waals surface area contributed by atoms with Gasteiger partial charge in [0, 0.05) is 18.7 Å². The van der Waals surface area contributed by atoms with Gasteiger partial charge in [0.15, 0.2) is 5.16 Å². The molecule has 1 aromatic heterocycles. The highest BCUT2D eigenvalue weighted by Crippen LogP contribution is 2.28. The molecule has 22 heavy (non-hydrogen) atoms. The molecule has 1 aliphatic rings. The second-order valence-electron chi connectivity index (χ2n) is 5.66. The molecule has 2 heterocycles. The van der Waals surface area contributed by atoms with Crippen molar-refractivity contribution in [2.75, 3.05) is 18.8 Å². The predicted molar refractivity (Wildman–Crippen MR) is 88.0 cm³/mol. The lowest BCUT2D eigenvalue weighted by Gasteiger charge is -2.21. The van der Waals surface area contributed by atoms with Crippen LogP contribution >= 0.6 is 11.8 Å². The number of benzene rings is 1. The van der Waals surface area contributed by atoms with Crippen molar-refractivity contribution in [3.63, 3.8) is 0 Å². The molecule has 1 saturated heterocycles. The number of rotatable bonds is 5. The zero-order chi connectivity index (χ0) is 15.4. The van der Waals surface area contributed by atoms with Crippen LogP contribution in [0, 0.1) is 0 Å². The Kier molecular flexibility index (Phi) is 5.12. The topological polar surface area (TPSA) is 63.0 Å². The van der Waals surface area contributed by atoms with Crippen LogP contribution in [0.25, 0.3) is 0 Å². The molecular weight excluding hydrogens is 296 g/mol. The van der Waals surface area contributed by atoms with Gasteiger partial charge in [-0.3, -0.25) is 0 Å². The van der Waals surface area contributed by atoms with E-state index in [0.29, 0.717) is 11.7 Å². The molecule has 0 aliphatic carbocycles. The first kappa shape index (κ1) is 15.5. The maximum atomic E-state index is 10.2. The molecule has 118 valence electrons. The quantitative estimate of drug-likeness (QED) is 0.827. The SMILES string of the molecule is Cn1c(SC[C@@H](O)c2ccccc2)nnc1C1CCNCC1. The summed E-state index contributed by atoms with van der Waals surface area (Å²) >= 11 is 1.56. The highest BCUT2D eigenvalue weighted by Gasteiger charge is 2.22. The van der Waals surface area contributed by atoms with Gasteiger partial charge in [-0.1, -0.05) is 42.1 Å². The first-order valence-electron chi connectivity index (χ1n) is 7.71. The van der Waals surface area contributed by atoms with E-state index in [0.717, 1.165) is 42.5 Å². The smallest absolute Gasteiger partial charge is 0.191 e. The van der Waals surface area contributed by atoms with E-state index in [2.05, 4.69) is 20.1 Å². The predicted octanol–water partition coefficient (Wildman–Crippen LogP) is 2.11. The number of aliphatic hydroxyl groups is 1. The lowest BCUT2D eigenvalue weighted by molar-refractivity contribution is 0.204. The Labute approximate surface area is 135 Å². The molecule has 2 aromatic rings. The molecule has 5 nitrogen and oxygen atoms in total. The molecule has 1 atom stereocenters. The molecule has 1 aromatic carbocycles. The van der Waals surface area contributed by atoms with Crippen molar-refractivity contribution >= 4 is 11.8 Å². The Morgan fingerprint density at radius 3 is 2.73 bits per heavy atom. The van der Waals surface area contributed by atoms with Gasteiger partial charge in [-0.25, -0.2) is 0 Å². The van der Waals surface area contributed by atoms with Crippen LogP contribution in [0.15, 0.2) is 35.5 Å². The molecule has 0 amide bonds. The van der Waals surface area contributed by atoms with Crippen molar-refractivity contribution < 1.29 is 5.11 Å². The van der Waals surface area contributed by atoms with Crippen molar-refractivity contribution in [1.82, 2.24) is 20.1 Å². The van der Waals surface area contributed by atoms with Crippen molar-refractivity contribution in [1.29, 1.82) is 0 Å². The van der Waals surface area contributed by atoms with Gasteiger partial charge >= 0.3 is 0 Å². The van der Waals surface area contributed by atoms with E-state index in [1.54, 1.807) is 11.8 Å². The monoisotopic (exact) mass is 318 g/mol. The summed E-state index contributed by atoms with van der Waals surface area (Å²) < 4.78 is 2.08. The number of thioether (sulfide) groups is 1. The first-order chi connectivity index (χ1) is 10.8. The number of aliphatic hydroxyl groups excluding tert-OH is 1. The van der Waals surface area contributed by atoms with Gasteiger partial charge in [-0.15, -0.1) is 10.2 Å². The average Bonchev–Trinajstić information content (AvgIpc) is 2.95. The molecule has 0 spiro atoms. The standard InChI is InChI=1S/C16H22N4OS/c1-20-15(13-7-9-17-10-8-13)18-19-16(20)22-11-14(21)12-5-3-2-4-6-12/h2-6,13-14,17,21H,7-11H2,1H3/t14-/m1/s1. The number of aromatic nitrogens is 3. The minimum Gasteiger partial charge on any atom is -0.388 e. The fourth-order valence-corrected chi connectivity index (χ4v) is 3.70. The molecule has 0 saturated carbocycles. The fraction of sp³-hybridized carbons (Fsp3) is 0.500. The second kappa shape index (κ2) is 7.26. The summed E-state index contributed by atoms with van der Waals surface area (Å²) in [6.45, 7) is 2.10. The number of hydrogen-bond donors (Lipinski definition) is 2. The Bertz CT molecular complexity index is 595. The van der Waals surface area contributed by atoms with Crippen LogP contribution in [0.3, 0.4) is 0 Å². The van der Waals surface area contributed by atoms with Crippen molar-refractivity contribution in [3.8, 4) is 0 Å². The van der Waals surface area contributed by atoms with Gasteiger partial charge in [0.25, 0.3) is 0 Å². The molecule has 0 bridgehead atoms. The molecule has 3 rings (SSSR count). The Morgan fingerprint density at radius 2 is 2.00 bits per heavy atom. The normalized spacial score (nSPS) is 17.5. The van der Waals surface area contributed by atoms with Gasteiger partial charge in [-0.05, 0) is 31.5 Å². The van der Waals surface area contributed by atoms with E-state index in [9.17, 15) is 5.11 Å². The Hall–Kier alpha value is -1.37. The number of nitrogens with zero attached hydrogens (tertiary/aromatic N) is 3. The van der Waals surface area contributed by atoms with Crippen molar-refractivity contribution in [2.45, 2.75) is 30.0 Å². The van der Waals surface area contributed by atoms with Crippen LogP contribution in [0.1, 0.15) is 36.3 Å². The molecule has 1 aliphatic heterocycles. The van der Waals surface area contributed by atoms with Crippen LogP contribution < -0.4 is 5.32 Å². The maximum absolute atomic E-state index is 10.2. The van der Waals surface area contributed by atoms with Gasteiger partial charge in [0.1, 0.15) is 5.82 Å². The van der Waals surface area contributed by atoms with E-state index in [1.807, 2.05) is 37.4 Å². The van der Waals surface area contributed by atoms with Crippen molar-refractivity contribution in [3.05, 3.63) is 41.7 Å². The highest BCUT2D eigenvalue weighted by atomic mass is 32.2. The second-order valence-corrected chi connectivity index (χ2v) is 6.65. The van der Waals surface area contributed by atoms with Crippen molar-refractivity contribution in [2.24, 2.45) is 7.05 Å². The van der Waals surface area contributed by atoms with Gasteiger partial charge in [0.2, 0.25) is 0 Å². The number of nitrogens with one attached hydrogen (secondary N) is 1. The lowest BCUT2D eigenvalue weighted by atomic mass is 9.97. The van der Waals surface area contributed by atoms with E-state index < -0.39 is 6.10 Å². The maximum Gasteiger partial charge on any atom is 0.191 e. The molecule has 6 heteroatoms. The summed E-state index contributed by atoms with van der Waals surface area (Å²) in [6.07, 6.45) is 1.75. The third-order valence-corrected chi connectivity index (χ3v) is 5.22. The average molecular weight is 318 g/mol. The Balaban J connectivity index is 1.62. The zero-order valence-electron chi connectivity index (χ0n) is 12.8. The van der Waals surface area contributed by atoms with Crippen LogP contribution in [0.2, 0.25) is 0 Å². The van der Waals surface area contributed by atoms with E-state index in [4.69, 9.17) is 0 Å². The first-order valence-corrected chi connectivity index (χ1v) is 8.70. The Morgan fingerprint density at radius 1 is 1.27 bits per heavy atom. The third-order valence-electron chi connectivity index (χ3n) is 4.13. The molecular formula is C16H22N4OS. The summed E-state index contributed by atoms with van der Waals surface area (Å²) in [5.41, 5.74) is 0.941. The van der Waals surface area contributed by atoms with Crippen LogP contribution in [0.4, 0.5) is 0 Å². The van der Waals surface area contributed by atoms with E-state index in [-0.39, 0.29) is 0 Å². The molecule has 0 unspecified atom stereocenters. The summed E-state index contributed by atoms with van der Waals surface area (Å²) in [6, 6.07) is 9.74. The van der Waals surface area contributed by atoms with Gasteiger partial charge < -0.3 is 15.0 Å². The zero-order valence-corrected chi connectivity index (χ0v) is 13.6. The summed E-state index contributed by atoms with van der Waals surface area (Å²) in [4.78, 5) is 0. The molecule has 1 fully saturated rings. The largest absolute Gasteiger partial charge is 0.388 e. The van der Waals surface area contributed by atoms with E-state index in [1.165, 1.54) is 0 Å². The van der Waals surface area contributed by atoms with Gasteiger partial charge in [0.05, 0.1) is 6.10 Å². The highest BCUT2D eigenvalue weighted by molar-refractivity contribution is 7.99. The molecule has 0 radical (unpaired) electrons. The third kappa shape index (κ3) is 3.51. The summed E-state index contributed by atoms with van der Waals surface area (Å²) in [5, 5.41) is 23.2. The van der Waals surface area contributed by atoms with Gasteiger partial charge in [-0.2, -0.15) is 0 Å². The minimum absolute atomic E-state index is 0.481. The molecule has 2 N–H and O–H groups in total. The minimum atomic E-state index is -0.481. The van der Waals surface area contributed by atoms with Crippen LogP contribution in [-0.4, -0.2) is 38.7 Å². The summed E-state index contributed by atoms with van der Waals surface area (Å²) in [7, 11) is 2.02. The van der Waals surface area contributed by atoms with Crippen LogP contribution in [0.5, 0.6) is 0 Å². The van der Waals surface area contributed by atoms with Crippen LogP contribution in [-0.2, 0) is 7.05 Å². The summed E-state index contributed by atoms with van der Waals surface area (Å²) in [5.74, 6) is 2.15. The number of piperidine rings is 1. The lowest BCUT2D eigenvalue weighted by Crippen LogP contribution is -2.27. The van der Waals surface area contributed by atoms with E-state index >= 15 is 0 Å². The fourth-order valence-electron chi connectivity index (χ4n) is 2.81.